The molecule has 1 aromatic carbocycles. The quantitative estimate of drug-likeness (QED) is 0.633. The third-order valence-electron chi connectivity index (χ3n) is 1.73. The lowest BCUT2D eigenvalue weighted by Crippen LogP contribution is -1.93. The highest BCUT2D eigenvalue weighted by molar-refractivity contribution is 5.82. The molecule has 3 N–H and O–H groups in total. The number of hydrogen-bond donors (Lipinski definition) is 2. The minimum absolute atomic E-state index is 0.390. The van der Waals surface area contributed by atoms with Gasteiger partial charge in [0.15, 0.2) is 11.3 Å². The Labute approximate surface area is 73.1 Å². The molecule has 2 rings (SSSR count). The Morgan fingerprint density at radius 3 is 3.00 bits per heavy atom. The number of anilines is 1. The van der Waals surface area contributed by atoms with Gasteiger partial charge >= 0.3 is 5.76 Å². The fraction of sp³-hybridized carbons (Fsp3) is 0.125. The van der Waals surface area contributed by atoms with E-state index < -0.39 is 5.76 Å². The molecule has 0 aliphatic rings. The third-order valence-corrected chi connectivity index (χ3v) is 1.73. The van der Waals surface area contributed by atoms with E-state index in [1.165, 1.54) is 7.11 Å². The van der Waals surface area contributed by atoms with Gasteiger partial charge in [-0.05, 0) is 6.07 Å². The second-order valence-electron chi connectivity index (χ2n) is 2.61. The molecule has 0 spiro atoms. The predicted molar refractivity (Wildman–Crippen MR) is 47.8 cm³/mol. The maximum Gasteiger partial charge on any atom is 0.417 e. The molecule has 0 saturated carbocycles. The maximum atomic E-state index is 10.8. The van der Waals surface area contributed by atoms with Crippen LogP contribution in [0.25, 0.3) is 11.1 Å². The summed E-state index contributed by atoms with van der Waals surface area (Å²) in [4.78, 5) is 13.3. The van der Waals surface area contributed by atoms with Crippen molar-refractivity contribution in [1.82, 2.24) is 4.98 Å². The number of rotatable bonds is 1. The first-order valence-corrected chi connectivity index (χ1v) is 3.67. The number of oxazole rings is 1. The molecule has 13 heavy (non-hydrogen) atoms. The Morgan fingerprint density at radius 2 is 2.31 bits per heavy atom. The molecule has 5 nitrogen and oxygen atoms in total. The largest absolute Gasteiger partial charge is 0.493 e. The van der Waals surface area contributed by atoms with E-state index >= 15 is 0 Å². The van der Waals surface area contributed by atoms with Gasteiger partial charge in [0.2, 0.25) is 0 Å². The van der Waals surface area contributed by atoms with E-state index in [1.807, 2.05) is 0 Å². The SMILES string of the molecule is COc1cc(N)cc2[nH]c(=O)oc12. The number of ether oxygens (including phenoxy) is 1. The zero-order valence-corrected chi connectivity index (χ0v) is 6.96. The summed E-state index contributed by atoms with van der Waals surface area (Å²) in [7, 11) is 1.49. The van der Waals surface area contributed by atoms with Crippen molar-refractivity contribution < 1.29 is 9.15 Å². The number of nitrogen functional groups attached to an aromatic ring is 1. The van der Waals surface area contributed by atoms with Crippen molar-refractivity contribution in [2.24, 2.45) is 0 Å². The van der Waals surface area contributed by atoms with Crippen LogP contribution in [-0.4, -0.2) is 12.1 Å². The molecule has 2 aromatic rings. The number of aromatic amines is 1. The first kappa shape index (κ1) is 7.72. The molecule has 0 unspecified atom stereocenters. The monoisotopic (exact) mass is 180 g/mol. The Kier molecular flexibility index (Phi) is 1.51. The molecule has 0 aliphatic carbocycles. The number of fused-ring (bicyclic) bond motifs is 1. The first-order valence-electron chi connectivity index (χ1n) is 3.67. The van der Waals surface area contributed by atoms with Gasteiger partial charge in [0.1, 0.15) is 0 Å². The molecular weight excluding hydrogens is 172 g/mol. The van der Waals surface area contributed by atoms with Crippen molar-refractivity contribution in [3.63, 3.8) is 0 Å². The van der Waals surface area contributed by atoms with Crippen LogP contribution < -0.4 is 16.2 Å². The van der Waals surface area contributed by atoms with Crippen LogP contribution in [0.2, 0.25) is 0 Å². The van der Waals surface area contributed by atoms with E-state index in [-0.39, 0.29) is 0 Å². The van der Waals surface area contributed by atoms with E-state index in [9.17, 15) is 4.79 Å². The molecule has 1 heterocycles. The summed E-state index contributed by atoms with van der Waals surface area (Å²) in [6.07, 6.45) is 0. The van der Waals surface area contributed by atoms with Gasteiger partial charge in [-0.2, -0.15) is 0 Å². The van der Waals surface area contributed by atoms with Crippen LogP contribution in [0.4, 0.5) is 5.69 Å². The molecule has 5 heteroatoms. The lowest BCUT2D eigenvalue weighted by molar-refractivity contribution is 0.408. The second-order valence-corrected chi connectivity index (χ2v) is 2.61. The molecule has 0 saturated heterocycles. The highest BCUT2D eigenvalue weighted by Crippen LogP contribution is 2.26. The van der Waals surface area contributed by atoms with Gasteiger partial charge in [-0.25, -0.2) is 4.79 Å². The summed E-state index contributed by atoms with van der Waals surface area (Å²) in [5.41, 5.74) is 7.01. The molecule has 68 valence electrons. The lowest BCUT2D eigenvalue weighted by atomic mass is 10.3. The van der Waals surface area contributed by atoms with Crippen LogP contribution in [0.1, 0.15) is 0 Å². The Bertz CT molecular complexity index is 498. The van der Waals surface area contributed by atoms with Crippen LogP contribution in [0, 0.1) is 0 Å². The lowest BCUT2D eigenvalue weighted by Gasteiger charge is -2.00. The number of benzene rings is 1. The van der Waals surface area contributed by atoms with Crippen molar-refractivity contribution in [2.45, 2.75) is 0 Å². The minimum atomic E-state index is -0.515. The van der Waals surface area contributed by atoms with Crippen LogP contribution in [0.5, 0.6) is 5.75 Å². The number of aromatic nitrogens is 1. The second kappa shape index (κ2) is 2.55. The summed E-state index contributed by atoms with van der Waals surface area (Å²) < 4.78 is 9.84. The molecule has 0 aliphatic heterocycles. The number of H-pyrrole nitrogens is 1. The highest BCUT2D eigenvalue weighted by atomic mass is 16.5. The molecular formula is C8H8N2O3. The smallest absolute Gasteiger partial charge is 0.417 e. The van der Waals surface area contributed by atoms with Crippen molar-refractivity contribution in [1.29, 1.82) is 0 Å². The van der Waals surface area contributed by atoms with Gasteiger partial charge < -0.3 is 14.9 Å². The van der Waals surface area contributed by atoms with Crippen LogP contribution in [0.3, 0.4) is 0 Å². The zero-order chi connectivity index (χ0) is 9.42. The van der Waals surface area contributed by atoms with Crippen LogP contribution in [-0.2, 0) is 0 Å². The zero-order valence-electron chi connectivity index (χ0n) is 6.96. The van der Waals surface area contributed by atoms with Crippen molar-refractivity contribution in [3.05, 3.63) is 22.7 Å². The summed E-state index contributed by atoms with van der Waals surface area (Å²) >= 11 is 0. The van der Waals surface area contributed by atoms with Gasteiger partial charge in [-0.1, -0.05) is 0 Å². The van der Waals surface area contributed by atoms with Gasteiger partial charge in [-0.3, -0.25) is 4.98 Å². The summed E-state index contributed by atoms with van der Waals surface area (Å²) in [5, 5.41) is 0. The fourth-order valence-corrected chi connectivity index (χ4v) is 1.20. The summed E-state index contributed by atoms with van der Waals surface area (Å²) in [6, 6.07) is 3.21. The molecule has 1 aromatic heterocycles. The van der Waals surface area contributed by atoms with E-state index in [0.717, 1.165) is 0 Å². The maximum absolute atomic E-state index is 10.8. The average Bonchev–Trinajstić information content (AvgIpc) is 2.43. The van der Waals surface area contributed by atoms with E-state index in [0.29, 0.717) is 22.5 Å². The van der Waals surface area contributed by atoms with Gasteiger partial charge in [0.05, 0.1) is 12.6 Å². The van der Waals surface area contributed by atoms with E-state index in [4.69, 9.17) is 14.9 Å². The van der Waals surface area contributed by atoms with Gasteiger partial charge in [0, 0.05) is 11.8 Å². The Balaban J connectivity index is 2.88. The number of hydrogen-bond acceptors (Lipinski definition) is 4. The summed E-state index contributed by atoms with van der Waals surface area (Å²) in [5.74, 6) is -0.0627. The highest BCUT2D eigenvalue weighted by Gasteiger charge is 2.08. The van der Waals surface area contributed by atoms with Gasteiger partial charge in [-0.15, -0.1) is 0 Å². The van der Waals surface area contributed by atoms with E-state index in [2.05, 4.69) is 4.98 Å². The summed E-state index contributed by atoms with van der Waals surface area (Å²) in [6.45, 7) is 0. The molecule has 0 atom stereocenters. The topological polar surface area (TPSA) is 81.2 Å². The average molecular weight is 180 g/mol. The van der Waals surface area contributed by atoms with Crippen LogP contribution >= 0.6 is 0 Å². The normalized spacial score (nSPS) is 10.5. The van der Waals surface area contributed by atoms with Crippen molar-refractivity contribution >= 4 is 16.8 Å². The molecule has 0 radical (unpaired) electrons. The Hall–Kier alpha value is -1.91. The van der Waals surface area contributed by atoms with E-state index in [1.54, 1.807) is 12.1 Å². The van der Waals surface area contributed by atoms with Crippen LogP contribution in [0.15, 0.2) is 21.3 Å². The molecule has 0 amide bonds. The van der Waals surface area contributed by atoms with Crippen molar-refractivity contribution in [2.75, 3.05) is 12.8 Å². The predicted octanol–water partition coefficient (Wildman–Crippen LogP) is 0.712. The van der Waals surface area contributed by atoms with Gasteiger partial charge in [0.25, 0.3) is 0 Å². The minimum Gasteiger partial charge on any atom is -0.493 e. The third kappa shape index (κ3) is 1.14. The Morgan fingerprint density at radius 1 is 1.54 bits per heavy atom. The molecule has 0 bridgehead atoms. The van der Waals surface area contributed by atoms with Crippen molar-refractivity contribution in [3.8, 4) is 5.75 Å². The first-order chi connectivity index (χ1) is 6.20. The number of nitrogens with one attached hydrogen (secondary N) is 1. The standard InChI is InChI=1S/C8H8N2O3/c1-12-6-3-4(9)2-5-7(6)13-8(11)10-5/h2-3H,9H2,1H3,(H,10,11). The number of nitrogens with two attached hydrogens (primary N) is 1. The number of methoxy groups -OCH3 is 1. The molecule has 0 fully saturated rings. The fourth-order valence-electron chi connectivity index (χ4n) is 1.20.